The third kappa shape index (κ3) is 3.09. The van der Waals surface area contributed by atoms with Gasteiger partial charge < -0.3 is 5.73 Å². The number of nitrogens with two attached hydrogens (primary N) is 1. The van der Waals surface area contributed by atoms with Crippen LogP contribution >= 0.6 is 11.3 Å². The van der Waals surface area contributed by atoms with Gasteiger partial charge in [0.1, 0.15) is 5.01 Å². The largest absolute Gasteiger partial charge is 0.322 e. The number of nitrogens with zero attached hydrogens (tertiary/aromatic N) is 3. The van der Waals surface area contributed by atoms with Crippen LogP contribution in [0.3, 0.4) is 0 Å². The molecule has 1 saturated heterocycles. The minimum atomic E-state index is 0.0501. The quantitative estimate of drug-likeness (QED) is 0.906. The lowest BCUT2D eigenvalue weighted by atomic mass is 10.1. The van der Waals surface area contributed by atoms with Crippen molar-refractivity contribution >= 4 is 11.3 Å². The van der Waals surface area contributed by atoms with Crippen molar-refractivity contribution in [1.82, 2.24) is 14.8 Å². The van der Waals surface area contributed by atoms with Crippen LogP contribution in [0.25, 0.3) is 0 Å². The molecule has 3 unspecified atom stereocenters. The van der Waals surface area contributed by atoms with Gasteiger partial charge in [-0.1, -0.05) is 0 Å². The van der Waals surface area contributed by atoms with Gasteiger partial charge in [0.25, 0.3) is 0 Å². The molecule has 0 bridgehead atoms. The molecule has 1 aliphatic rings. The molecule has 0 saturated carbocycles. The maximum absolute atomic E-state index is 5.85. The summed E-state index contributed by atoms with van der Waals surface area (Å²) in [5.74, 6) is 0. The molecule has 2 heterocycles. The monoisotopic (exact) mass is 268 g/mol. The summed E-state index contributed by atoms with van der Waals surface area (Å²) >= 11 is 1.68. The molecular formula is C13H24N4S. The second kappa shape index (κ2) is 5.65. The predicted octanol–water partition coefficient (Wildman–Crippen LogP) is 1.69. The van der Waals surface area contributed by atoms with E-state index in [2.05, 4.69) is 41.1 Å². The Morgan fingerprint density at radius 2 is 2.06 bits per heavy atom. The zero-order valence-corrected chi connectivity index (χ0v) is 12.6. The molecule has 5 heteroatoms. The maximum Gasteiger partial charge on any atom is 0.109 e. The summed E-state index contributed by atoms with van der Waals surface area (Å²) in [6, 6.07) is 1.27. The van der Waals surface area contributed by atoms with Crippen LogP contribution in [-0.2, 0) is 6.54 Å². The number of thiazole rings is 1. The highest BCUT2D eigenvalue weighted by molar-refractivity contribution is 7.09. The fourth-order valence-electron chi connectivity index (χ4n) is 2.48. The summed E-state index contributed by atoms with van der Waals surface area (Å²) in [7, 11) is 2.21. The van der Waals surface area contributed by atoms with Crippen molar-refractivity contribution in [1.29, 1.82) is 0 Å². The van der Waals surface area contributed by atoms with Gasteiger partial charge in [-0.15, -0.1) is 11.3 Å². The summed E-state index contributed by atoms with van der Waals surface area (Å²) < 4.78 is 0. The second-order valence-corrected chi connectivity index (χ2v) is 6.41. The van der Waals surface area contributed by atoms with Crippen molar-refractivity contribution in [2.75, 3.05) is 20.1 Å². The molecule has 0 spiro atoms. The Bertz CT molecular complexity index is 378. The van der Waals surface area contributed by atoms with E-state index < -0.39 is 0 Å². The van der Waals surface area contributed by atoms with Crippen LogP contribution in [0.2, 0.25) is 0 Å². The maximum atomic E-state index is 5.85. The molecule has 1 aromatic rings. The van der Waals surface area contributed by atoms with Gasteiger partial charge in [0.2, 0.25) is 0 Å². The van der Waals surface area contributed by atoms with Crippen LogP contribution in [0.1, 0.15) is 37.5 Å². The number of piperazine rings is 1. The number of hydrogen-bond donors (Lipinski definition) is 1. The first-order valence-corrected chi connectivity index (χ1v) is 7.49. The lowest BCUT2D eigenvalue weighted by molar-refractivity contribution is 0.0550. The molecule has 102 valence electrons. The number of hydrogen-bond acceptors (Lipinski definition) is 5. The molecule has 3 atom stereocenters. The van der Waals surface area contributed by atoms with Crippen LogP contribution in [0.4, 0.5) is 0 Å². The van der Waals surface area contributed by atoms with Crippen molar-refractivity contribution in [3.8, 4) is 0 Å². The summed E-state index contributed by atoms with van der Waals surface area (Å²) in [6.45, 7) is 9.75. The summed E-state index contributed by atoms with van der Waals surface area (Å²) in [5, 5.41) is 3.19. The van der Waals surface area contributed by atoms with E-state index in [0.717, 1.165) is 30.3 Å². The van der Waals surface area contributed by atoms with Gasteiger partial charge in [0.05, 0.1) is 11.7 Å². The molecule has 18 heavy (non-hydrogen) atoms. The van der Waals surface area contributed by atoms with Gasteiger partial charge in [-0.25, -0.2) is 4.98 Å². The van der Waals surface area contributed by atoms with Crippen molar-refractivity contribution in [3.63, 3.8) is 0 Å². The highest BCUT2D eigenvalue weighted by Crippen LogP contribution is 2.19. The van der Waals surface area contributed by atoms with E-state index in [1.165, 1.54) is 0 Å². The van der Waals surface area contributed by atoms with Gasteiger partial charge in [0.15, 0.2) is 0 Å². The molecule has 1 aromatic heterocycles. The van der Waals surface area contributed by atoms with E-state index in [9.17, 15) is 0 Å². The molecule has 0 aromatic carbocycles. The Kier molecular flexibility index (Phi) is 4.37. The Morgan fingerprint density at radius 1 is 1.44 bits per heavy atom. The fraction of sp³-hybridized carbons (Fsp3) is 0.769. The molecular weight excluding hydrogens is 244 g/mol. The minimum Gasteiger partial charge on any atom is -0.322 e. The summed E-state index contributed by atoms with van der Waals surface area (Å²) in [6.07, 6.45) is 0. The molecule has 2 rings (SSSR count). The molecule has 1 fully saturated rings. The Labute approximate surface area is 114 Å². The number of likely N-dealkylation sites (N-methyl/N-ethyl adjacent to an activating group) is 1. The fourth-order valence-corrected chi connectivity index (χ4v) is 3.25. The molecule has 0 aliphatic carbocycles. The van der Waals surface area contributed by atoms with Crippen LogP contribution < -0.4 is 5.73 Å². The van der Waals surface area contributed by atoms with Crippen molar-refractivity contribution in [2.24, 2.45) is 5.73 Å². The molecule has 0 amide bonds. The van der Waals surface area contributed by atoms with Crippen LogP contribution in [0.5, 0.6) is 0 Å². The average Bonchev–Trinajstić information content (AvgIpc) is 2.74. The first-order chi connectivity index (χ1) is 8.47. The zero-order valence-electron chi connectivity index (χ0n) is 11.8. The van der Waals surface area contributed by atoms with Crippen molar-refractivity contribution in [3.05, 3.63) is 16.1 Å². The number of aromatic nitrogens is 1. The normalized spacial score (nSPS) is 28.5. The SMILES string of the molecule is CC(N)c1nc(CN2CC(C)N(C)C(C)C2)cs1. The lowest BCUT2D eigenvalue weighted by Crippen LogP contribution is -2.54. The van der Waals surface area contributed by atoms with E-state index in [1.807, 2.05) is 6.92 Å². The number of rotatable bonds is 3. The third-order valence-corrected chi connectivity index (χ3v) is 4.87. The summed E-state index contributed by atoms with van der Waals surface area (Å²) in [5.41, 5.74) is 7.01. The second-order valence-electron chi connectivity index (χ2n) is 5.52. The van der Waals surface area contributed by atoms with Gasteiger partial charge >= 0.3 is 0 Å². The highest BCUT2D eigenvalue weighted by atomic mass is 32.1. The van der Waals surface area contributed by atoms with Gasteiger partial charge in [-0.3, -0.25) is 9.80 Å². The van der Waals surface area contributed by atoms with E-state index >= 15 is 0 Å². The van der Waals surface area contributed by atoms with E-state index in [0.29, 0.717) is 12.1 Å². The predicted molar refractivity (Wildman–Crippen MR) is 76.7 cm³/mol. The van der Waals surface area contributed by atoms with Crippen LogP contribution in [0.15, 0.2) is 5.38 Å². The first-order valence-electron chi connectivity index (χ1n) is 6.61. The molecule has 2 N–H and O–H groups in total. The van der Waals surface area contributed by atoms with Crippen molar-refractivity contribution in [2.45, 2.75) is 45.4 Å². The van der Waals surface area contributed by atoms with Gasteiger partial charge in [-0.2, -0.15) is 0 Å². The lowest BCUT2D eigenvalue weighted by Gasteiger charge is -2.42. The molecule has 4 nitrogen and oxygen atoms in total. The zero-order chi connectivity index (χ0) is 13.3. The van der Waals surface area contributed by atoms with Gasteiger partial charge in [0, 0.05) is 37.1 Å². The Balaban J connectivity index is 1.96. The van der Waals surface area contributed by atoms with E-state index in [1.54, 1.807) is 11.3 Å². The standard InChI is InChI=1S/C13H24N4S/c1-9-5-17(6-10(2)16(9)4)7-12-8-18-13(15-12)11(3)14/h8-11H,5-7,14H2,1-4H3. The van der Waals surface area contributed by atoms with Crippen LogP contribution in [0, 0.1) is 0 Å². The summed E-state index contributed by atoms with van der Waals surface area (Å²) in [4.78, 5) is 9.56. The third-order valence-electron chi connectivity index (χ3n) is 3.78. The minimum absolute atomic E-state index is 0.0501. The van der Waals surface area contributed by atoms with Crippen LogP contribution in [-0.4, -0.2) is 47.0 Å². The van der Waals surface area contributed by atoms with Gasteiger partial charge in [-0.05, 0) is 27.8 Å². The van der Waals surface area contributed by atoms with E-state index in [-0.39, 0.29) is 6.04 Å². The first kappa shape index (κ1) is 13.9. The van der Waals surface area contributed by atoms with E-state index in [4.69, 9.17) is 5.73 Å². The Hall–Kier alpha value is -0.490. The molecule has 0 radical (unpaired) electrons. The Morgan fingerprint density at radius 3 is 2.56 bits per heavy atom. The topological polar surface area (TPSA) is 45.4 Å². The average molecular weight is 268 g/mol. The molecule has 1 aliphatic heterocycles. The smallest absolute Gasteiger partial charge is 0.109 e. The van der Waals surface area contributed by atoms with Crippen molar-refractivity contribution < 1.29 is 0 Å². The highest BCUT2D eigenvalue weighted by Gasteiger charge is 2.26.